The van der Waals surface area contributed by atoms with Gasteiger partial charge in [-0.2, -0.15) is 9.97 Å². The van der Waals surface area contributed by atoms with E-state index < -0.39 is 0 Å². The molecule has 0 amide bonds. The van der Waals surface area contributed by atoms with Crippen molar-refractivity contribution in [3.63, 3.8) is 0 Å². The predicted octanol–water partition coefficient (Wildman–Crippen LogP) is 2.44. The summed E-state index contributed by atoms with van der Waals surface area (Å²) in [7, 11) is 0. The van der Waals surface area contributed by atoms with Crippen molar-refractivity contribution >= 4 is 5.95 Å². The third-order valence-electron chi connectivity index (χ3n) is 2.01. The summed E-state index contributed by atoms with van der Waals surface area (Å²) >= 11 is 0. The molecule has 0 aromatic carbocycles. The van der Waals surface area contributed by atoms with Gasteiger partial charge in [-0.25, -0.2) is 0 Å². The van der Waals surface area contributed by atoms with E-state index in [1.54, 1.807) is 0 Å². The van der Waals surface area contributed by atoms with Gasteiger partial charge in [0.25, 0.3) is 0 Å². The first-order valence-electron chi connectivity index (χ1n) is 6.56. The topological polar surface area (TPSA) is 69.2 Å². The van der Waals surface area contributed by atoms with Crippen molar-refractivity contribution in [1.82, 2.24) is 15.0 Å². The lowest BCUT2D eigenvalue weighted by atomic mass is 10.5. The first kappa shape index (κ1) is 15.2. The number of allylic oxidation sites excluding steroid dienone is 1. The van der Waals surface area contributed by atoms with Crippen molar-refractivity contribution in [1.29, 1.82) is 0 Å². The SMILES string of the molecule is C/C=C/COc1nc(NCCC)nc(OC(C)C)n1. The molecule has 0 saturated carbocycles. The second-order valence-electron chi connectivity index (χ2n) is 4.20. The van der Waals surface area contributed by atoms with E-state index in [0.29, 0.717) is 12.6 Å². The zero-order valence-electron chi connectivity index (χ0n) is 12.0. The minimum absolute atomic E-state index is 0.00446. The summed E-state index contributed by atoms with van der Waals surface area (Å²) in [5, 5.41) is 3.10. The molecular weight excluding hydrogens is 244 g/mol. The zero-order chi connectivity index (χ0) is 14.1. The number of hydrogen-bond acceptors (Lipinski definition) is 6. The second kappa shape index (κ2) is 8.29. The van der Waals surface area contributed by atoms with Gasteiger partial charge < -0.3 is 14.8 Å². The van der Waals surface area contributed by atoms with Gasteiger partial charge >= 0.3 is 12.0 Å². The predicted molar refractivity (Wildman–Crippen MR) is 74.7 cm³/mol. The molecule has 0 fully saturated rings. The lowest BCUT2D eigenvalue weighted by Gasteiger charge is -2.11. The van der Waals surface area contributed by atoms with Crippen molar-refractivity contribution in [3.05, 3.63) is 12.2 Å². The van der Waals surface area contributed by atoms with Crippen LogP contribution in [-0.2, 0) is 0 Å². The molecule has 0 aliphatic carbocycles. The molecule has 6 nitrogen and oxygen atoms in total. The molecule has 0 aliphatic rings. The Morgan fingerprint density at radius 1 is 1.21 bits per heavy atom. The number of aromatic nitrogens is 3. The summed E-state index contributed by atoms with van der Waals surface area (Å²) in [6.45, 7) is 9.06. The maximum atomic E-state index is 5.48. The van der Waals surface area contributed by atoms with E-state index in [4.69, 9.17) is 9.47 Å². The van der Waals surface area contributed by atoms with Gasteiger partial charge in [-0.05, 0) is 27.2 Å². The molecular formula is C13H22N4O2. The van der Waals surface area contributed by atoms with E-state index in [1.807, 2.05) is 32.9 Å². The van der Waals surface area contributed by atoms with Crippen LogP contribution in [0, 0.1) is 0 Å². The van der Waals surface area contributed by atoms with Gasteiger partial charge in [0.1, 0.15) is 6.61 Å². The number of nitrogens with one attached hydrogen (secondary N) is 1. The smallest absolute Gasteiger partial charge is 0.324 e. The number of nitrogens with zero attached hydrogens (tertiary/aromatic N) is 3. The molecule has 106 valence electrons. The lowest BCUT2D eigenvalue weighted by Crippen LogP contribution is -2.13. The van der Waals surface area contributed by atoms with E-state index in [9.17, 15) is 0 Å². The summed E-state index contributed by atoms with van der Waals surface area (Å²) in [6.07, 6.45) is 4.78. The van der Waals surface area contributed by atoms with E-state index >= 15 is 0 Å². The molecule has 0 spiro atoms. The fourth-order valence-corrected chi connectivity index (χ4v) is 1.20. The summed E-state index contributed by atoms with van der Waals surface area (Å²) < 4.78 is 10.9. The average Bonchev–Trinajstić information content (AvgIpc) is 2.36. The van der Waals surface area contributed by atoms with Crippen LogP contribution in [-0.4, -0.2) is 34.2 Å². The Morgan fingerprint density at radius 2 is 1.95 bits per heavy atom. The first-order chi connectivity index (χ1) is 9.15. The van der Waals surface area contributed by atoms with Crippen LogP contribution in [0.25, 0.3) is 0 Å². The van der Waals surface area contributed by atoms with Gasteiger partial charge in [-0.1, -0.05) is 19.1 Å². The van der Waals surface area contributed by atoms with Gasteiger partial charge in [-0.3, -0.25) is 0 Å². The summed E-state index contributed by atoms with van der Waals surface area (Å²) in [6, 6.07) is 0.543. The standard InChI is InChI=1S/C13H22N4O2/c1-5-7-9-18-12-15-11(14-8-6-2)16-13(17-12)19-10(3)4/h5,7,10H,6,8-9H2,1-4H3,(H,14,15,16,17)/b7-5+. The molecule has 1 heterocycles. The fraction of sp³-hybridized carbons (Fsp3) is 0.615. The number of rotatable bonds is 8. The van der Waals surface area contributed by atoms with Crippen molar-refractivity contribution in [2.24, 2.45) is 0 Å². The Morgan fingerprint density at radius 3 is 2.58 bits per heavy atom. The molecule has 0 aliphatic heterocycles. The second-order valence-corrected chi connectivity index (χ2v) is 4.20. The Bertz CT molecular complexity index is 408. The largest absolute Gasteiger partial charge is 0.461 e. The Kier molecular flexibility index (Phi) is 6.63. The van der Waals surface area contributed by atoms with Crippen LogP contribution in [0.1, 0.15) is 34.1 Å². The van der Waals surface area contributed by atoms with E-state index in [-0.39, 0.29) is 18.1 Å². The van der Waals surface area contributed by atoms with Crippen LogP contribution in [0.3, 0.4) is 0 Å². The third-order valence-corrected chi connectivity index (χ3v) is 2.01. The average molecular weight is 266 g/mol. The quantitative estimate of drug-likeness (QED) is 0.729. The van der Waals surface area contributed by atoms with Crippen LogP contribution in [0.15, 0.2) is 12.2 Å². The van der Waals surface area contributed by atoms with Gasteiger partial charge in [-0.15, -0.1) is 4.98 Å². The zero-order valence-corrected chi connectivity index (χ0v) is 12.0. The van der Waals surface area contributed by atoms with Crippen LogP contribution in [0.4, 0.5) is 5.95 Å². The normalized spacial score (nSPS) is 11.0. The van der Waals surface area contributed by atoms with Crippen LogP contribution < -0.4 is 14.8 Å². The van der Waals surface area contributed by atoms with Gasteiger partial charge in [0.05, 0.1) is 6.10 Å². The molecule has 0 saturated heterocycles. The molecule has 19 heavy (non-hydrogen) atoms. The van der Waals surface area contributed by atoms with Crippen molar-refractivity contribution < 1.29 is 9.47 Å². The molecule has 0 bridgehead atoms. The molecule has 0 radical (unpaired) electrons. The van der Waals surface area contributed by atoms with E-state index in [0.717, 1.165) is 13.0 Å². The van der Waals surface area contributed by atoms with E-state index in [2.05, 4.69) is 27.2 Å². The Labute approximate surface area is 114 Å². The molecule has 0 atom stereocenters. The van der Waals surface area contributed by atoms with Crippen molar-refractivity contribution in [3.8, 4) is 12.0 Å². The number of hydrogen-bond donors (Lipinski definition) is 1. The Balaban J connectivity index is 2.81. The highest BCUT2D eigenvalue weighted by Gasteiger charge is 2.09. The number of ether oxygens (including phenoxy) is 2. The third kappa shape index (κ3) is 6.03. The maximum Gasteiger partial charge on any atom is 0.324 e. The van der Waals surface area contributed by atoms with Gasteiger partial charge in [0, 0.05) is 6.54 Å². The van der Waals surface area contributed by atoms with Crippen molar-refractivity contribution in [2.45, 2.75) is 40.2 Å². The minimum atomic E-state index is 0.00446. The molecule has 1 N–H and O–H groups in total. The fourth-order valence-electron chi connectivity index (χ4n) is 1.20. The van der Waals surface area contributed by atoms with Gasteiger partial charge in [0.15, 0.2) is 0 Å². The molecule has 1 rings (SSSR count). The highest BCUT2D eigenvalue weighted by molar-refractivity contribution is 5.27. The highest BCUT2D eigenvalue weighted by atomic mass is 16.5. The first-order valence-corrected chi connectivity index (χ1v) is 6.56. The lowest BCUT2D eigenvalue weighted by molar-refractivity contribution is 0.215. The monoisotopic (exact) mass is 266 g/mol. The van der Waals surface area contributed by atoms with Crippen molar-refractivity contribution in [2.75, 3.05) is 18.5 Å². The summed E-state index contributed by atoms with van der Waals surface area (Å²) in [5.74, 6) is 0.475. The Hall–Kier alpha value is -1.85. The van der Waals surface area contributed by atoms with E-state index in [1.165, 1.54) is 0 Å². The van der Waals surface area contributed by atoms with Crippen LogP contribution in [0.2, 0.25) is 0 Å². The van der Waals surface area contributed by atoms with Gasteiger partial charge in [0.2, 0.25) is 5.95 Å². The van der Waals surface area contributed by atoms with Crippen LogP contribution >= 0.6 is 0 Å². The summed E-state index contributed by atoms with van der Waals surface area (Å²) in [5.41, 5.74) is 0. The molecule has 1 aromatic rings. The maximum absolute atomic E-state index is 5.48. The number of anilines is 1. The molecule has 0 unspecified atom stereocenters. The molecule has 6 heteroatoms. The minimum Gasteiger partial charge on any atom is -0.461 e. The highest BCUT2D eigenvalue weighted by Crippen LogP contribution is 2.14. The molecule has 1 aromatic heterocycles. The summed E-state index contributed by atoms with van der Waals surface area (Å²) in [4.78, 5) is 12.5. The van der Waals surface area contributed by atoms with Crippen LogP contribution in [0.5, 0.6) is 12.0 Å².